The molecule has 1 N–H and O–H groups in total. The highest BCUT2D eigenvalue weighted by molar-refractivity contribution is 5.78. The fraction of sp³-hybridized carbons (Fsp3) is 0. The molecule has 0 saturated carbocycles. The second kappa shape index (κ2) is 4.23. The zero-order valence-electron chi connectivity index (χ0n) is 7.42. The summed E-state index contributed by atoms with van der Waals surface area (Å²) in [6, 6.07) is 10.3. The zero-order valence-corrected chi connectivity index (χ0v) is 7.42. The Bertz CT molecular complexity index is 425. The van der Waals surface area contributed by atoms with Gasteiger partial charge in [-0.15, -0.1) is 5.10 Å². The first-order valence-electron chi connectivity index (χ1n) is 4.20. The van der Waals surface area contributed by atoms with Gasteiger partial charge in [0.15, 0.2) is 0 Å². The molecule has 2 aromatic heterocycles. The predicted molar refractivity (Wildman–Crippen MR) is 52.6 cm³/mol. The lowest BCUT2D eigenvalue weighted by atomic mass is 10.3. The third-order valence-electron chi connectivity index (χ3n) is 1.75. The normalized spacial score (nSPS) is 9.43. The lowest BCUT2D eigenvalue weighted by molar-refractivity contribution is 0.393. The van der Waals surface area contributed by atoms with Gasteiger partial charge in [-0.3, -0.25) is 0 Å². The summed E-state index contributed by atoms with van der Waals surface area (Å²) in [5.74, 6) is 0. The molecule has 0 spiro atoms. The van der Waals surface area contributed by atoms with E-state index in [1.54, 1.807) is 0 Å². The summed E-state index contributed by atoms with van der Waals surface area (Å²) in [7, 11) is 0. The fourth-order valence-electron chi connectivity index (χ4n) is 1.13. The highest BCUT2D eigenvalue weighted by Crippen LogP contribution is 2.09. The van der Waals surface area contributed by atoms with Crippen LogP contribution in [0.25, 0.3) is 10.9 Å². The van der Waals surface area contributed by atoms with Crippen molar-refractivity contribution < 1.29 is 4.52 Å². The Kier molecular flexibility index (Phi) is 2.56. The molecule has 0 unspecified atom stereocenters. The van der Waals surface area contributed by atoms with Gasteiger partial charge in [0, 0.05) is 17.0 Å². The number of hydrogen-bond acceptors (Lipinski definition) is 3. The first kappa shape index (κ1) is 8.50. The summed E-state index contributed by atoms with van der Waals surface area (Å²) in [5.41, 5.74) is 1.21. The summed E-state index contributed by atoms with van der Waals surface area (Å²) in [4.78, 5) is 3.12. The average molecular weight is 187 g/mol. The number of nitrogens with zero attached hydrogens (tertiary/aromatic N) is 2. The molecule has 0 aliphatic heterocycles. The maximum Gasteiger partial charge on any atom is 0.144 e. The molecule has 4 nitrogen and oxygen atoms in total. The van der Waals surface area contributed by atoms with Gasteiger partial charge >= 0.3 is 0 Å². The lowest BCUT2D eigenvalue weighted by Gasteiger charge is -1.83. The summed E-state index contributed by atoms with van der Waals surface area (Å²) in [6.45, 7) is 0. The van der Waals surface area contributed by atoms with Gasteiger partial charge in [0.1, 0.15) is 6.26 Å². The van der Waals surface area contributed by atoms with Crippen molar-refractivity contribution in [1.29, 1.82) is 0 Å². The van der Waals surface area contributed by atoms with Crippen LogP contribution in [0.1, 0.15) is 0 Å². The zero-order chi connectivity index (χ0) is 9.64. The molecule has 0 aliphatic rings. The van der Waals surface area contributed by atoms with Crippen LogP contribution in [0.3, 0.4) is 0 Å². The number of benzene rings is 1. The van der Waals surface area contributed by atoms with Gasteiger partial charge < -0.3 is 9.51 Å². The topological polar surface area (TPSA) is 54.7 Å². The molecule has 0 bridgehead atoms. The van der Waals surface area contributed by atoms with Crippen LogP contribution in [0.2, 0.25) is 0 Å². The molecule has 3 rings (SSSR count). The Labute approximate surface area is 80.5 Å². The first-order chi connectivity index (χ1) is 6.97. The van der Waals surface area contributed by atoms with Gasteiger partial charge in [-0.25, -0.2) is 0 Å². The summed E-state index contributed by atoms with van der Waals surface area (Å²) >= 11 is 0. The quantitative estimate of drug-likeness (QED) is 0.587. The van der Waals surface area contributed by atoms with Crippen LogP contribution >= 0.6 is 0 Å². The third kappa shape index (κ3) is 1.98. The molecular weight excluding hydrogens is 178 g/mol. The van der Waals surface area contributed by atoms with Gasteiger partial charge in [0.25, 0.3) is 0 Å². The molecule has 0 aliphatic carbocycles. The van der Waals surface area contributed by atoms with Crippen molar-refractivity contribution in [2.45, 2.75) is 0 Å². The highest BCUT2D eigenvalue weighted by Gasteiger charge is 1.86. The van der Waals surface area contributed by atoms with Crippen LogP contribution in [0.5, 0.6) is 0 Å². The lowest BCUT2D eigenvalue weighted by Crippen LogP contribution is -1.61. The first-order valence-corrected chi connectivity index (χ1v) is 4.20. The van der Waals surface area contributed by atoms with Crippen LogP contribution in [0.4, 0.5) is 0 Å². The smallest absolute Gasteiger partial charge is 0.144 e. The van der Waals surface area contributed by atoms with Crippen LogP contribution in [-0.2, 0) is 0 Å². The molecule has 0 amide bonds. The van der Waals surface area contributed by atoms with Crippen molar-refractivity contribution in [2.24, 2.45) is 0 Å². The number of aromatic amines is 1. The van der Waals surface area contributed by atoms with Crippen molar-refractivity contribution in [2.75, 3.05) is 0 Å². The number of fused-ring (bicyclic) bond motifs is 1. The predicted octanol–water partition coefficient (Wildman–Crippen LogP) is 2.24. The van der Waals surface area contributed by atoms with Crippen LogP contribution < -0.4 is 0 Å². The van der Waals surface area contributed by atoms with Gasteiger partial charge in [0.05, 0.1) is 6.20 Å². The minimum atomic E-state index is 1.21. The molecule has 0 saturated heterocycles. The molecule has 1 aromatic carbocycles. The number of nitrogens with one attached hydrogen (secondary N) is 1. The Morgan fingerprint density at radius 1 is 1.14 bits per heavy atom. The molecule has 70 valence electrons. The Morgan fingerprint density at radius 3 is 2.71 bits per heavy atom. The molecule has 14 heavy (non-hydrogen) atoms. The van der Waals surface area contributed by atoms with E-state index in [4.69, 9.17) is 0 Å². The minimum Gasteiger partial charge on any atom is -0.361 e. The number of H-pyrrole nitrogens is 1. The second-order valence-corrected chi connectivity index (χ2v) is 2.65. The van der Waals surface area contributed by atoms with Gasteiger partial charge in [-0.1, -0.05) is 18.2 Å². The Hall–Kier alpha value is -2.10. The second-order valence-electron chi connectivity index (χ2n) is 2.65. The van der Waals surface area contributed by atoms with Crippen molar-refractivity contribution in [1.82, 2.24) is 15.4 Å². The van der Waals surface area contributed by atoms with E-state index in [2.05, 4.69) is 38.1 Å². The molecule has 3 aromatic rings. The monoisotopic (exact) mass is 187 g/mol. The van der Waals surface area contributed by atoms with Crippen molar-refractivity contribution >= 4 is 10.9 Å². The van der Waals surface area contributed by atoms with E-state index in [0.717, 1.165) is 0 Å². The standard InChI is InChI=1S/C8H7N.C2H2N2O/c1-2-4-8-7(3-1)5-6-9-8;1-2-5-4-3-1/h1-6,9H;1-2H. The molecule has 4 heteroatoms. The van der Waals surface area contributed by atoms with Gasteiger partial charge in [-0.05, 0) is 17.5 Å². The SMILES string of the molecule is c1ccc2[nH]ccc2c1.c1conn1. The summed E-state index contributed by atoms with van der Waals surface area (Å²) in [6.07, 6.45) is 4.82. The minimum absolute atomic E-state index is 1.21. The number of rotatable bonds is 0. The maximum absolute atomic E-state index is 4.22. The molecule has 0 radical (unpaired) electrons. The van der Waals surface area contributed by atoms with Crippen LogP contribution in [0.15, 0.2) is 53.5 Å². The molecule has 0 atom stereocenters. The molecular formula is C10H9N3O. The summed E-state index contributed by atoms with van der Waals surface area (Å²) in [5, 5.41) is 7.68. The van der Waals surface area contributed by atoms with Crippen LogP contribution in [-0.4, -0.2) is 15.4 Å². The average Bonchev–Trinajstić information content (AvgIpc) is 2.92. The fourth-order valence-corrected chi connectivity index (χ4v) is 1.13. The molecule has 2 heterocycles. The maximum atomic E-state index is 4.22. The van der Waals surface area contributed by atoms with Crippen molar-refractivity contribution in [3.05, 3.63) is 49.0 Å². The number of aromatic nitrogens is 3. The largest absolute Gasteiger partial charge is 0.361 e. The van der Waals surface area contributed by atoms with E-state index in [0.29, 0.717) is 0 Å². The van der Waals surface area contributed by atoms with Crippen molar-refractivity contribution in [3.8, 4) is 0 Å². The van der Waals surface area contributed by atoms with Crippen molar-refractivity contribution in [3.63, 3.8) is 0 Å². The number of para-hydroxylation sites is 1. The van der Waals surface area contributed by atoms with Gasteiger partial charge in [-0.2, -0.15) is 0 Å². The van der Waals surface area contributed by atoms with Gasteiger partial charge in [0.2, 0.25) is 0 Å². The van der Waals surface area contributed by atoms with E-state index in [-0.39, 0.29) is 0 Å². The van der Waals surface area contributed by atoms with Crippen LogP contribution in [0, 0.1) is 0 Å². The highest BCUT2D eigenvalue weighted by atomic mass is 16.5. The Balaban J connectivity index is 0.000000128. The van der Waals surface area contributed by atoms with E-state index < -0.39 is 0 Å². The van der Waals surface area contributed by atoms with E-state index in [1.165, 1.54) is 23.4 Å². The summed E-state index contributed by atoms with van der Waals surface area (Å²) < 4.78 is 4.22. The molecule has 0 fully saturated rings. The number of hydrogen-bond donors (Lipinski definition) is 1. The third-order valence-corrected chi connectivity index (χ3v) is 1.75. The van der Waals surface area contributed by atoms with E-state index in [1.807, 2.05) is 18.3 Å². The van der Waals surface area contributed by atoms with E-state index in [9.17, 15) is 0 Å². The Morgan fingerprint density at radius 2 is 2.07 bits per heavy atom. The van der Waals surface area contributed by atoms with E-state index >= 15 is 0 Å².